The van der Waals surface area contributed by atoms with Crippen LogP contribution in [0.1, 0.15) is 23.7 Å². The van der Waals surface area contributed by atoms with Crippen molar-refractivity contribution in [3.8, 4) is 5.69 Å². The molecular weight excluding hydrogens is 300 g/mol. The van der Waals surface area contributed by atoms with E-state index in [1.54, 1.807) is 48.3 Å². The predicted molar refractivity (Wildman–Crippen MR) is 81.4 cm³/mol. The molecular formula is C15H18N4O4. The lowest BCUT2D eigenvalue weighted by Gasteiger charge is -2.28. The molecule has 2 rings (SSSR count). The van der Waals surface area contributed by atoms with E-state index >= 15 is 0 Å². The Labute approximate surface area is 133 Å². The Kier molecular flexibility index (Phi) is 5.07. The van der Waals surface area contributed by atoms with Crippen molar-refractivity contribution in [2.75, 3.05) is 13.7 Å². The molecule has 8 nitrogen and oxygen atoms in total. The Morgan fingerprint density at radius 2 is 2.04 bits per heavy atom. The van der Waals surface area contributed by atoms with E-state index in [4.69, 9.17) is 9.84 Å². The zero-order valence-electron chi connectivity index (χ0n) is 12.9. The Balaban J connectivity index is 2.11. The highest BCUT2D eigenvalue weighted by Gasteiger charge is 2.29. The van der Waals surface area contributed by atoms with Crippen LogP contribution in [-0.2, 0) is 9.53 Å². The highest BCUT2D eigenvalue weighted by molar-refractivity contribution is 5.95. The van der Waals surface area contributed by atoms with Gasteiger partial charge in [0.25, 0.3) is 5.91 Å². The van der Waals surface area contributed by atoms with E-state index in [-0.39, 0.29) is 18.9 Å². The number of nitrogens with zero attached hydrogens (tertiary/aromatic N) is 3. The number of ether oxygens (including phenoxy) is 1. The first kappa shape index (κ1) is 16.6. The topological polar surface area (TPSA) is 106 Å². The van der Waals surface area contributed by atoms with Crippen LogP contribution >= 0.6 is 0 Å². The summed E-state index contributed by atoms with van der Waals surface area (Å²) >= 11 is 0. The van der Waals surface area contributed by atoms with Gasteiger partial charge in [-0.1, -0.05) is 5.21 Å². The van der Waals surface area contributed by atoms with E-state index in [9.17, 15) is 9.59 Å². The summed E-state index contributed by atoms with van der Waals surface area (Å²) in [6, 6.07) is 6.74. The highest BCUT2D eigenvalue weighted by Crippen LogP contribution is 2.13. The van der Waals surface area contributed by atoms with Crippen LogP contribution in [0, 0.1) is 0 Å². The smallest absolute Gasteiger partial charge is 0.305 e. The number of rotatable bonds is 7. The zero-order chi connectivity index (χ0) is 16.9. The van der Waals surface area contributed by atoms with Crippen molar-refractivity contribution >= 4 is 11.9 Å². The summed E-state index contributed by atoms with van der Waals surface area (Å²) in [5.41, 5.74) is 0.202. The van der Waals surface area contributed by atoms with Crippen molar-refractivity contribution in [2.24, 2.45) is 0 Å². The molecule has 0 aliphatic rings. The van der Waals surface area contributed by atoms with Gasteiger partial charge in [-0.25, -0.2) is 4.68 Å². The van der Waals surface area contributed by atoms with Crippen LogP contribution in [0.25, 0.3) is 5.69 Å². The van der Waals surface area contributed by atoms with Gasteiger partial charge in [-0.3, -0.25) is 9.59 Å². The van der Waals surface area contributed by atoms with E-state index in [1.807, 2.05) is 0 Å². The first-order chi connectivity index (χ1) is 10.9. The van der Waals surface area contributed by atoms with Crippen molar-refractivity contribution in [1.82, 2.24) is 20.3 Å². The molecule has 0 saturated carbocycles. The molecule has 1 heterocycles. The van der Waals surface area contributed by atoms with Crippen molar-refractivity contribution in [2.45, 2.75) is 18.9 Å². The van der Waals surface area contributed by atoms with E-state index < -0.39 is 11.5 Å². The molecule has 1 amide bonds. The number of carboxylic acids is 1. The number of nitrogens with one attached hydrogen (secondary N) is 1. The van der Waals surface area contributed by atoms with Crippen molar-refractivity contribution < 1.29 is 19.4 Å². The average Bonchev–Trinajstić information content (AvgIpc) is 3.00. The van der Waals surface area contributed by atoms with E-state index in [0.717, 1.165) is 5.69 Å². The number of methoxy groups -OCH3 is 1. The lowest BCUT2D eigenvalue weighted by atomic mass is 9.98. The van der Waals surface area contributed by atoms with Crippen LogP contribution in [0.4, 0.5) is 0 Å². The highest BCUT2D eigenvalue weighted by atomic mass is 16.5. The molecule has 23 heavy (non-hydrogen) atoms. The molecule has 1 unspecified atom stereocenters. The van der Waals surface area contributed by atoms with Crippen LogP contribution in [0.15, 0.2) is 36.7 Å². The summed E-state index contributed by atoms with van der Waals surface area (Å²) < 4.78 is 6.59. The number of hydrogen-bond acceptors (Lipinski definition) is 5. The lowest BCUT2D eigenvalue weighted by Crippen LogP contribution is -2.50. The van der Waals surface area contributed by atoms with Crippen molar-refractivity contribution in [3.05, 3.63) is 42.2 Å². The number of benzene rings is 1. The maximum Gasteiger partial charge on any atom is 0.305 e. The fourth-order valence-corrected chi connectivity index (χ4v) is 2.24. The molecule has 1 atom stereocenters. The minimum absolute atomic E-state index is 0.0993. The fourth-order valence-electron chi connectivity index (χ4n) is 2.24. The number of carbonyl (C=O) groups excluding carboxylic acids is 1. The van der Waals surface area contributed by atoms with Crippen LogP contribution in [0.2, 0.25) is 0 Å². The molecule has 0 aliphatic heterocycles. The van der Waals surface area contributed by atoms with Gasteiger partial charge in [-0.15, -0.1) is 5.10 Å². The summed E-state index contributed by atoms with van der Waals surface area (Å²) in [7, 11) is 1.46. The number of aromatic nitrogens is 3. The third-order valence-electron chi connectivity index (χ3n) is 3.24. The average molecular weight is 318 g/mol. The van der Waals surface area contributed by atoms with E-state index in [1.165, 1.54) is 7.11 Å². The number of aliphatic carboxylic acids is 1. The first-order valence-electron chi connectivity index (χ1n) is 6.93. The number of hydrogen-bond donors (Lipinski definition) is 2. The lowest BCUT2D eigenvalue weighted by molar-refractivity contribution is -0.139. The Morgan fingerprint density at radius 3 is 2.57 bits per heavy atom. The van der Waals surface area contributed by atoms with Gasteiger partial charge >= 0.3 is 5.97 Å². The summed E-state index contributed by atoms with van der Waals surface area (Å²) in [4.78, 5) is 23.3. The van der Waals surface area contributed by atoms with Gasteiger partial charge < -0.3 is 15.2 Å². The van der Waals surface area contributed by atoms with Gasteiger partial charge in [0.2, 0.25) is 0 Å². The summed E-state index contributed by atoms with van der Waals surface area (Å²) in [5.74, 6) is -1.37. The van der Waals surface area contributed by atoms with Crippen LogP contribution in [0.3, 0.4) is 0 Å². The van der Waals surface area contributed by atoms with Gasteiger partial charge in [-0.2, -0.15) is 0 Å². The molecule has 0 saturated heterocycles. The molecule has 1 aromatic heterocycles. The number of carboxylic acid groups (broad SMARTS) is 1. The standard InChI is InChI=1S/C15H18N4O4/c1-15(10-23-2,9-13(20)21)17-14(22)11-3-5-12(6-4-11)19-8-7-16-18-19/h3-8H,9-10H2,1-2H3,(H,17,22)(H,20,21). The molecule has 2 aromatic rings. The van der Waals surface area contributed by atoms with Crippen molar-refractivity contribution in [3.63, 3.8) is 0 Å². The molecule has 0 bridgehead atoms. The van der Waals surface area contributed by atoms with Gasteiger partial charge in [0.05, 0.1) is 36.6 Å². The quantitative estimate of drug-likeness (QED) is 0.785. The fraction of sp³-hybridized carbons (Fsp3) is 0.333. The number of amides is 1. The molecule has 0 radical (unpaired) electrons. The second-order valence-electron chi connectivity index (χ2n) is 5.41. The largest absolute Gasteiger partial charge is 0.481 e. The van der Waals surface area contributed by atoms with Gasteiger partial charge in [0.1, 0.15) is 0 Å². The third kappa shape index (κ3) is 4.36. The first-order valence-corrected chi connectivity index (χ1v) is 6.93. The van der Waals surface area contributed by atoms with Crippen LogP contribution < -0.4 is 5.32 Å². The summed E-state index contributed by atoms with van der Waals surface area (Å²) in [6.07, 6.45) is 3.02. The van der Waals surface area contributed by atoms with Crippen LogP contribution in [0.5, 0.6) is 0 Å². The normalized spacial score (nSPS) is 13.3. The number of carbonyl (C=O) groups is 2. The zero-order valence-corrected chi connectivity index (χ0v) is 12.9. The summed E-state index contributed by atoms with van der Waals surface area (Å²) in [5, 5.41) is 19.3. The van der Waals surface area contributed by atoms with Gasteiger partial charge in [0, 0.05) is 12.7 Å². The third-order valence-corrected chi connectivity index (χ3v) is 3.24. The summed E-state index contributed by atoms with van der Waals surface area (Å²) in [6.45, 7) is 1.73. The minimum Gasteiger partial charge on any atom is -0.481 e. The molecule has 0 spiro atoms. The maximum atomic E-state index is 12.3. The van der Waals surface area contributed by atoms with E-state index in [0.29, 0.717) is 5.56 Å². The Morgan fingerprint density at radius 1 is 1.35 bits per heavy atom. The second-order valence-corrected chi connectivity index (χ2v) is 5.41. The maximum absolute atomic E-state index is 12.3. The SMILES string of the molecule is COCC(C)(CC(=O)O)NC(=O)c1ccc(-n2ccnn2)cc1. The van der Waals surface area contributed by atoms with E-state index in [2.05, 4.69) is 15.6 Å². The minimum atomic E-state index is -1.01. The van der Waals surface area contributed by atoms with Gasteiger partial charge in [-0.05, 0) is 31.2 Å². The molecule has 2 N–H and O–H groups in total. The molecule has 1 aromatic carbocycles. The Hall–Kier alpha value is -2.74. The van der Waals surface area contributed by atoms with Gasteiger partial charge in [0.15, 0.2) is 0 Å². The molecule has 8 heteroatoms. The van der Waals surface area contributed by atoms with Crippen LogP contribution in [-0.4, -0.2) is 51.2 Å². The Bertz CT molecular complexity index is 669. The molecule has 122 valence electrons. The second kappa shape index (κ2) is 7.01. The molecule has 0 fully saturated rings. The predicted octanol–water partition coefficient (Wildman–Crippen LogP) is 0.877. The molecule has 0 aliphatic carbocycles. The van der Waals surface area contributed by atoms with Crippen molar-refractivity contribution in [1.29, 1.82) is 0 Å². The monoisotopic (exact) mass is 318 g/mol.